The van der Waals surface area contributed by atoms with Gasteiger partial charge in [0.25, 0.3) is 0 Å². The third-order valence-corrected chi connectivity index (χ3v) is 4.82. The Labute approximate surface area is 112 Å². The highest BCUT2D eigenvalue weighted by Gasteiger charge is 2.34. The van der Waals surface area contributed by atoms with Crippen LogP contribution < -0.4 is 0 Å². The second kappa shape index (κ2) is 5.38. The van der Waals surface area contributed by atoms with Gasteiger partial charge in [0.2, 0.25) is 0 Å². The molecular formula is C11H13Br2NO2. The lowest BCUT2D eigenvalue weighted by atomic mass is 9.98. The predicted molar refractivity (Wildman–Crippen MR) is 69.9 cm³/mol. The molecule has 2 unspecified atom stereocenters. The van der Waals surface area contributed by atoms with Crippen LogP contribution in [0.15, 0.2) is 24.5 Å². The molecule has 0 aliphatic carbocycles. The zero-order chi connectivity index (χ0) is 12.3. The second-order valence-electron chi connectivity index (χ2n) is 4.01. The van der Waals surface area contributed by atoms with Gasteiger partial charge in [-0.05, 0) is 25.5 Å². The predicted octanol–water partition coefficient (Wildman–Crippen LogP) is 2.62. The molecule has 0 bridgehead atoms. The maximum atomic E-state index is 11.8. The number of carbonyl (C=O) groups excluding carboxylic acids is 1. The van der Waals surface area contributed by atoms with Crippen LogP contribution in [0.2, 0.25) is 0 Å². The Morgan fingerprint density at radius 3 is 2.56 bits per heavy atom. The van der Waals surface area contributed by atoms with Gasteiger partial charge in [0.05, 0.1) is 9.65 Å². The monoisotopic (exact) mass is 349 g/mol. The van der Waals surface area contributed by atoms with E-state index in [4.69, 9.17) is 0 Å². The summed E-state index contributed by atoms with van der Waals surface area (Å²) >= 11 is 6.72. The first-order valence-corrected chi connectivity index (χ1v) is 6.62. The van der Waals surface area contributed by atoms with Gasteiger partial charge >= 0.3 is 0 Å². The third kappa shape index (κ3) is 3.37. The van der Waals surface area contributed by atoms with Gasteiger partial charge in [0, 0.05) is 12.4 Å². The van der Waals surface area contributed by atoms with Crippen LogP contribution in [0.1, 0.15) is 24.2 Å². The Kier molecular flexibility index (Phi) is 4.64. The van der Waals surface area contributed by atoms with Gasteiger partial charge in [-0.2, -0.15) is 0 Å². The van der Waals surface area contributed by atoms with Gasteiger partial charge in [-0.15, -0.1) is 0 Å². The number of aliphatic hydroxyl groups is 1. The summed E-state index contributed by atoms with van der Waals surface area (Å²) in [5, 5.41) is 9.64. The van der Waals surface area contributed by atoms with E-state index in [1.54, 1.807) is 18.5 Å². The summed E-state index contributed by atoms with van der Waals surface area (Å²) in [6, 6.07) is 3.68. The lowest BCUT2D eigenvalue weighted by Crippen LogP contribution is -2.38. The Hall–Kier alpha value is -0.260. The molecule has 0 aliphatic rings. The molecule has 1 rings (SSSR count). The van der Waals surface area contributed by atoms with Crippen LogP contribution >= 0.6 is 31.9 Å². The number of carbonyl (C=O) groups is 1. The summed E-state index contributed by atoms with van der Waals surface area (Å²) < 4.78 is 0. The van der Waals surface area contributed by atoms with Crippen molar-refractivity contribution in [2.45, 2.75) is 29.1 Å². The van der Waals surface area contributed by atoms with E-state index in [0.29, 0.717) is 0 Å². The van der Waals surface area contributed by atoms with E-state index in [2.05, 4.69) is 36.8 Å². The first kappa shape index (κ1) is 13.8. The zero-order valence-corrected chi connectivity index (χ0v) is 12.2. The molecule has 1 aromatic heterocycles. The summed E-state index contributed by atoms with van der Waals surface area (Å²) in [5.74, 6) is -0.266. The Balaban J connectivity index is 2.83. The average molecular weight is 351 g/mol. The number of hydrogen-bond donors (Lipinski definition) is 1. The lowest BCUT2D eigenvalue weighted by Gasteiger charge is -2.23. The van der Waals surface area contributed by atoms with Crippen molar-refractivity contribution in [1.29, 1.82) is 0 Å². The Bertz CT molecular complexity index is 362. The molecule has 0 spiro atoms. The van der Waals surface area contributed by atoms with E-state index < -0.39 is 10.4 Å². The van der Waals surface area contributed by atoms with Gasteiger partial charge in [-0.1, -0.05) is 37.9 Å². The largest absolute Gasteiger partial charge is 0.383 e. The molecule has 0 radical (unpaired) electrons. The molecule has 1 heterocycles. The molecular weight excluding hydrogens is 338 g/mol. The van der Waals surface area contributed by atoms with Crippen LogP contribution in [0.25, 0.3) is 0 Å². The van der Waals surface area contributed by atoms with Crippen molar-refractivity contribution in [3.8, 4) is 0 Å². The molecule has 88 valence electrons. The standard InChI is InChI=1S/C11H13Br2NO2/c1-11(2,16)10(15)9(13)8(12)7-4-3-5-14-6-7/h3-6,8-9,16H,1-2H3. The van der Waals surface area contributed by atoms with Crippen molar-refractivity contribution in [2.24, 2.45) is 0 Å². The van der Waals surface area contributed by atoms with E-state index in [0.717, 1.165) is 5.56 Å². The minimum absolute atomic E-state index is 0.208. The number of nitrogens with zero attached hydrogens (tertiary/aromatic N) is 1. The van der Waals surface area contributed by atoms with E-state index in [1.807, 2.05) is 6.07 Å². The topological polar surface area (TPSA) is 50.2 Å². The van der Waals surface area contributed by atoms with Crippen LogP contribution in [-0.2, 0) is 4.79 Å². The van der Waals surface area contributed by atoms with Crippen molar-refractivity contribution in [2.75, 3.05) is 0 Å². The number of aromatic nitrogens is 1. The van der Waals surface area contributed by atoms with Crippen molar-refractivity contribution >= 4 is 37.6 Å². The van der Waals surface area contributed by atoms with Gasteiger partial charge in [-0.25, -0.2) is 0 Å². The molecule has 0 saturated carbocycles. The molecule has 5 heteroatoms. The normalized spacial score (nSPS) is 15.6. The van der Waals surface area contributed by atoms with Crippen LogP contribution in [0, 0.1) is 0 Å². The Morgan fingerprint density at radius 2 is 2.12 bits per heavy atom. The van der Waals surface area contributed by atoms with E-state index >= 15 is 0 Å². The van der Waals surface area contributed by atoms with Crippen molar-refractivity contribution in [1.82, 2.24) is 4.98 Å². The smallest absolute Gasteiger partial charge is 0.178 e. The van der Waals surface area contributed by atoms with Gasteiger partial charge in [-0.3, -0.25) is 9.78 Å². The summed E-state index contributed by atoms with van der Waals surface area (Å²) in [6.07, 6.45) is 3.36. The fourth-order valence-electron chi connectivity index (χ4n) is 1.18. The lowest BCUT2D eigenvalue weighted by molar-refractivity contribution is -0.133. The molecule has 0 aliphatic heterocycles. The molecule has 0 aromatic carbocycles. The first-order chi connectivity index (χ1) is 7.34. The van der Waals surface area contributed by atoms with E-state index in [-0.39, 0.29) is 10.6 Å². The number of Topliss-reactive ketones (excluding diaryl/α,β-unsaturated/α-hetero) is 1. The van der Waals surface area contributed by atoms with Gasteiger partial charge in [0.15, 0.2) is 5.78 Å². The quantitative estimate of drug-likeness (QED) is 0.849. The van der Waals surface area contributed by atoms with Crippen molar-refractivity contribution < 1.29 is 9.90 Å². The molecule has 0 fully saturated rings. The van der Waals surface area contributed by atoms with E-state index in [9.17, 15) is 9.90 Å². The van der Waals surface area contributed by atoms with E-state index in [1.165, 1.54) is 13.8 Å². The minimum Gasteiger partial charge on any atom is -0.383 e. The number of halogens is 2. The van der Waals surface area contributed by atoms with Crippen LogP contribution in [0.4, 0.5) is 0 Å². The second-order valence-corrected chi connectivity index (χ2v) is 5.99. The molecule has 0 amide bonds. The first-order valence-electron chi connectivity index (χ1n) is 4.79. The SMILES string of the molecule is CC(C)(O)C(=O)C(Br)C(Br)c1cccnc1. The number of ketones is 1. The van der Waals surface area contributed by atoms with Gasteiger partial charge < -0.3 is 5.11 Å². The number of alkyl halides is 2. The highest BCUT2D eigenvalue weighted by Crippen LogP contribution is 2.33. The summed E-state index contributed by atoms with van der Waals surface area (Å²) in [5.41, 5.74) is -0.454. The number of pyridine rings is 1. The molecule has 1 aromatic rings. The van der Waals surface area contributed by atoms with Crippen LogP contribution in [0.5, 0.6) is 0 Å². The summed E-state index contributed by atoms with van der Waals surface area (Å²) in [6.45, 7) is 2.96. The molecule has 3 nitrogen and oxygen atoms in total. The maximum Gasteiger partial charge on any atom is 0.178 e. The van der Waals surface area contributed by atoms with Gasteiger partial charge in [0.1, 0.15) is 5.60 Å². The summed E-state index contributed by atoms with van der Waals surface area (Å²) in [7, 11) is 0. The van der Waals surface area contributed by atoms with Crippen LogP contribution in [-0.4, -0.2) is 26.3 Å². The third-order valence-electron chi connectivity index (χ3n) is 2.11. The number of rotatable bonds is 4. The average Bonchev–Trinajstić information content (AvgIpc) is 2.26. The van der Waals surface area contributed by atoms with Crippen molar-refractivity contribution in [3.63, 3.8) is 0 Å². The van der Waals surface area contributed by atoms with Crippen LogP contribution in [0.3, 0.4) is 0 Å². The highest BCUT2D eigenvalue weighted by molar-refractivity contribution is 9.12. The molecule has 16 heavy (non-hydrogen) atoms. The van der Waals surface area contributed by atoms with Crippen molar-refractivity contribution in [3.05, 3.63) is 30.1 Å². The summed E-state index contributed by atoms with van der Waals surface area (Å²) in [4.78, 5) is 15.1. The fraction of sp³-hybridized carbons (Fsp3) is 0.455. The maximum absolute atomic E-state index is 11.8. The zero-order valence-electron chi connectivity index (χ0n) is 9.02. The molecule has 2 atom stereocenters. The number of hydrogen-bond acceptors (Lipinski definition) is 3. The Morgan fingerprint density at radius 1 is 1.50 bits per heavy atom. The minimum atomic E-state index is -1.34. The fourth-order valence-corrected chi connectivity index (χ4v) is 2.55. The molecule has 0 saturated heterocycles. The highest BCUT2D eigenvalue weighted by atomic mass is 79.9. The molecule has 1 N–H and O–H groups in total.